The number of fused-ring (bicyclic) bond motifs is 1. The van der Waals surface area contributed by atoms with Gasteiger partial charge in [-0.3, -0.25) is 0 Å². The molecule has 0 N–H and O–H groups in total. The van der Waals surface area contributed by atoms with E-state index in [2.05, 4.69) is 0 Å². The summed E-state index contributed by atoms with van der Waals surface area (Å²) < 4.78 is 62.1. The minimum absolute atomic E-state index is 0.0683. The van der Waals surface area contributed by atoms with Crippen LogP contribution in [0.4, 0.5) is 17.6 Å². The van der Waals surface area contributed by atoms with Gasteiger partial charge >= 0.3 is 0 Å². The van der Waals surface area contributed by atoms with Gasteiger partial charge in [0.15, 0.2) is 23.2 Å². The lowest BCUT2D eigenvalue weighted by atomic mass is 9.82. The van der Waals surface area contributed by atoms with Crippen molar-refractivity contribution in [3.05, 3.63) is 64.2 Å². The molecule has 2 aliphatic rings. The average Bonchev–Trinajstić information content (AvgIpc) is 3.25. The van der Waals surface area contributed by atoms with Crippen LogP contribution >= 0.6 is 0 Å². The summed E-state index contributed by atoms with van der Waals surface area (Å²) in [5.74, 6) is -3.31. The first-order valence-electron chi connectivity index (χ1n) is 9.40. The van der Waals surface area contributed by atoms with Crippen LogP contribution in [0.5, 0.6) is 5.75 Å². The van der Waals surface area contributed by atoms with Crippen LogP contribution in [0.3, 0.4) is 0 Å². The summed E-state index contributed by atoms with van der Waals surface area (Å²) in [6.45, 7) is 1.55. The Hall–Kier alpha value is -2.04. The molecule has 2 fully saturated rings. The first kappa shape index (κ1) is 18.3. The lowest BCUT2D eigenvalue weighted by molar-refractivity contribution is 0.359. The van der Waals surface area contributed by atoms with Gasteiger partial charge in [0.2, 0.25) is 5.82 Å². The lowest BCUT2D eigenvalue weighted by Crippen LogP contribution is -2.14. The van der Waals surface area contributed by atoms with E-state index < -0.39 is 23.3 Å². The Morgan fingerprint density at radius 2 is 1.22 bits per heavy atom. The van der Waals surface area contributed by atoms with Crippen molar-refractivity contribution in [1.29, 1.82) is 0 Å². The van der Waals surface area contributed by atoms with E-state index in [1.807, 2.05) is 0 Å². The lowest BCUT2D eigenvalue weighted by Gasteiger charge is -2.22. The number of hydrogen-bond donors (Lipinski definition) is 0. The first-order chi connectivity index (χ1) is 12.9. The summed E-state index contributed by atoms with van der Waals surface area (Å²) in [6, 6.07) is 6.36. The monoisotopic (exact) mass is 378 g/mol. The molecule has 0 heterocycles. The van der Waals surface area contributed by atoms with Gasteiger partial charge in [-0.15, -0.1) is 0 Å². The maximum atomic E-state index is 14.6. The number of hydrogen-bond acceptors (Lipinski definition) is 1. The number of rotatable bonds is 3. The van der Waals surface area contributed by atoms with Crippen molar-refractivity contribution in [3.63, 3.8) is 0 Å². The van der Waals surface area contributed by atoms with Crippen molar-refractivity contribution in [2.24, 2.45) is 11.8 Å². The molecule has 2 saturated carbocycles. The van der Waals surface area contributed by atoms with Crippen LogP contribution in [-0.2, 0) is 0 Å². The zero-order valence-corrected chi connectivity index (χ0v) is 15.4. The minimum atomic E-state index is -0.959. The predicted octanol–water partition coefficient (Wildman–Crippen LogP) is 6.25. The maximum Gasteiger partial charge on any atom is 0.200 e. The Kier molecular flexibility index (Phi) is 4.65. The van der Waals surface area contributed by atoms with E-state index in [0.29, 0.717) is 16.7 Å². The van der Waals surface area contributed by atoms with Crippen LogP contribution < -0.4 is 4.74 Å². The van der Waals surface area contributed by atoms with Crippen molar-refractivity contribution in [2.75, 3.05) is 7.11 Å². The van der Waals surface area contributed by atoms with Crippen LogP contribution in [0.2, 0.25) is 0 Å². The molecule has 0 amide bonds. The highest BCUT2D eigenvalue weighted by molar-refractivity contribution is 5.36. The SMILES string of the molecule is COc1ccc(C2CCC3C(c4ccc(C)c(F)c4F)CCC23)c(F)c1F. The van der Waals surface area contributed by atoms with E-state index in [0.717, 1.165) is 25.7 Å². The first-order valence-corrected chi connectivity index (χ1v) is 9.40. The van der Waals surface area contributed by atoms with E-state index in [9.17, 15) is 17.6 Å². The predicted molar refractivity (Wildman–Crippen MR) is 94.9 cm³/mol. The fourth-order valence-corrected chi connectivity index (χ4v) is 5.31. The Morgan fingerprint density at radius 3 is 1.78 bits per heavy atom. The van der Waals surface area contributed by atoms with Crippen molar-refractivity contribution in [2.45, 2.75) is 44.4 Å². The summed E-state index contributed by atoms with van der Waals surface area (Å²) >= 11 is 0. The van der Waals surface area contributed by atoms with Gasteiger partial charge in [0.05, 0.1) is 7.11 Å². The molecular formula is C22H22F4O. The quantitative estimate of drug-likeness (QED) is 0.574. The fraction of sp³-hybridized carbons (Fsp3) is 0.455. The molecule has 2 aliphatic carbocycles. The highest BCUT2D eigenvalue weighted by Gasteiger charge is 2.47. The fourth-order valence-electron chi connectivity index (χ4n) is 5.31. The normalized spacial score (nSPS) is 27.0. The topological polar surface area (TPSA) is 9.23 Å². The molecule has 27 heavy (non-hydrogen) atoms. The number of ether oxygens (including phenoxy) is 1. The van der Waals surface area contributed by atoms with Crippen LogP contribution in [-0.4, -0.2) is 7.11 Å². The van der Waals surface area contributed by atoms with Crippen LogP contribution in [0.15, 0.2) is 24.3 Å². The number of methoxy groups -OCH3 is 1. The molecule has 0 radical (unpaired) electrons. The molecule has 5 heteroatoms. The second-order valence-corrected chi connectivity index (χ2v) is 7.78. The molecule has 2 aromatic carbocycles. The molecule has 0 bridgehead atoms. The molecule has 4 unspecified atom stereocenters. The molecule has 144 valence electrons. The second kappa shape index (κ2) is 6.84. The summed E-state index contributed by atoms with van der Waals surface area (Å²) in [4.78, 5) is 0. The van der Waals surface area contributed by atoms with Crippen molar-refractivity contribution >= 4 is 0 Å². The maximum absolute atomic E-state index is 14.6. The Labute approximate surface area is 156 Å². The molecule has 0 aromatic heterocycles. The van der Waals surface area contributed by atoms with E-state index >= 15 is 0 Å². The molecule has 0 saturated heterocycles. The van der Waals surface area contributed by atoms with E-state index in [-0.39, 0.29) is 29.4 Å². The van der Waals surface area contributed by atoms with Crippen molar-refractivity contribution in [1.82, 2.24) is 0 Å². The summed E-state index contributed by atoms with van der Waals surface area (Å²) in [5.41, 5.74) is 1.09. The highest BCUT2D eigenvalue weighted by Crippen LogP contribution is 2.58. The van der Waals surface area contributed by atoms with Crippen molar-refractivity contribution < 1.29 is 22.3 Å². The van der Waals surface area contributed by atoms with Gasteiger partial charge in [0, 0.05) is 0 Å². The van der Waals surface area contributed by atoms with Gasteiger partial charge in [0.25, 0.3) is 0 Å². The van der Waals surface area contributed by atoms with E-state index in [1.54, 1.807) is 25.1 Å². The van der Waals surface area contributed by atoms with Crippen molar-refractivity contribution in [3.8, 4) is 5.75 Å². The summed E-state index contributed by atoms with van der Waals surface area (Å²) in [5, 5.41) is 0. The third-order valence-electron chi connectivity index (χ3n) is 6.61. The Bertz CT molecular complexity index is 879. The minimum Gasteiger partial charge on any atom is -0.494 e. The largest absolute Gasteiger partial charge is 0.494 e. The van der Waals surface area contributed by atoms with Gasteiger partial charge in [-0.25, -0.2) is 13.2 Å². The molecule has 0 spiro atoms. The zero-order chi connectivity index (χ0) is 19.3. The summed E-state index contributed by atoms with van der Waals surface area (Å²) in [7, 11) is 1.31. The highest BCUT2D eigenvalue weighted by atomic mass is 19.2. The molecular weight excluding hydrogens is 356 g/mol. The molecule has 4 atom stereocenters. The van der Waals surface area contributed by atoms with Crippen LogP contribution in [0.1, 0.15) is 54.2 Å². The number of halogens is 4. The van der Waals surface area contributed by atoms with Gasteiger partial charge in [0.1, 0.15) is 0 Å². The Morgan fingerprint density at radius 1 is 0.704 bits per heavy atom. The molecule has 0 aliphatic heterocycles. The molecule has 1 nitrogen and oxygen atoms in total. The van der Waals surface area contributed by atoms with Gasteiger partial charge in [-0.05, 0) is 79.0 Å². The van der Waals surface area contributed by atoms with Crippen LogP contribution in [0.25, 0.3) is 0 Å². The van der Waals surface area contributed by atoms with Gasteiger partial charge in [-0.2, -0.15) is 4.39 Å². The second-order valence-electron chi connectivity index (χ2n) is 7.78. The standard InChI is InChI=1S/C22H22F4O/c1-11-3-4-16(20(24)19(11)23)14-7-5-13-12(14)6-8-15(13)17-9-10-18(27-2)22(26)21(17)25/h3-4,9-10,12-15H,5-8H2,1-2H3. The Balaban J connectivity index is 1.64. The smallest absolute Gasteiger partial charge is 0.200 e. The van der Waals surface area contributed by atoms with Crippen LogP contribution in [0, 0.1) is 42.0 Å². The number of aryl methyl sites for hydroxylation is 1. The third kappa shape index (κ3) is 2.82. The zero-order valence-electron chi connectivity index (χ0n) is 15.4. The molecule has 2 aromatic rings. The average molecular weight is 378 g/mol. The third-order valence-corrected chi connectivity index (χ3v) is 6.61. The van der Waals surface area contributed by atoms with E-state index in [1.165, 1.54) is 13.2 Å². The van der Waals surface area contributed by atoms with E-state index in [4.69, 9.17) is 4.74 Å². The van der Waals surface area contributed by atoms with Gasteiger partial charge in [-0.1, -0.05) is 18.2 Å². The summed E-state index contributed by atoms with van der Waals surface area (Å²) in [6.07, 6.45) is 3.08. The van der Waals surface area contributed by atoms with Gasteiger partial charge < -0.3 is 4.74 Å². The number of benzene rings is 2. The molecule has 4 rings (SSSR count).